The minimum absolute atomic E-state index is 0.121. The van der Waals surface area contributed by atoms with Crippen LogP contribution < -0.4 is 9.62 Å². The van der Waals surface area contributed by atoms with Crippen molar-refractivity contribution in [1.29, 1.82) is 0 Å². The number of nitrogens with one attached hydrogen (secondary N) is 1. The first kappa shape index (κ1) is 20.3. The highest BCUT2D eigenvalue weighted by Crippen LogP contribution is 2.26. The third-order valence-corrected chi connectivity index (χ3v) is 6.37. The van der Waals surface area contributed by atoms with E-state index in [0.29, 0.717) is 0 Å². The number of amides is 1. The number of sulfonamides is 1. The van der Waals surface area contributed by atoms with Crippen LogP contribution in [-0.2, 0) is 27.7 Å². The Morgan fingerprint density at radius 1 is 1.11 bits per heavy atom. The van der Waals surface area contributed by atoms with E-state index in [1.807, 2.05) is 13.0 Å². The number of aryl methyl sites for hydroxylation is 2. The zero-order valence-electron chi connectivity index (χ0n) is 16.3. The first-order valence-electron chi connectivity index (χ1n) is 9.34. The smallest absolute Gasteiger partial charge is 0.244 e. The van der Waals surface area contributed by atoms with E-state index in [-0.39, 0.29) is 11.7 Å². The normalized spacial score (nSPS) is 15.6. The third kappa shape index (κ3) is 4.35. The molecule has 2 aromatic rings. The van der Waals surface area contributed by atoms with Crippen LogP contribution in [0.15, 0.2) is 42.5 Å². The minimum Gasteiger partial charge on any atom is -0.348 e. The van der Waals surface area contributed by atoms with E-state index in [9.17, 15) is 17.6 Å². The van der Waals surface area contributed by atoms with Crippen LogP contribution in [-0.4, -0.2) is 26.6 Å². The lowest BCUT2D eigenvalue weighted by Gasteiger charge is -2.29. The van der Waals surface area contributed by atoms with E-state index >= 15 is 0 Å². The average molecular weight is 405 g/mol. The molecule has 150 valence electrons. The second-order valence-corrected chi connectivity index (χ2v) is 9.19. The molecule has 1 aliphatic carbocycles. The Labute approximate surface area is 165 Å². The average Bonchev–Trinajstić information content (AvgIpc) is 3.08. The molecule has 0 spiro atoms. The van der Waals surface area contributed by atoms with Gasteiger partial charge < -0.3 is 5.32 Å². The van der Waals surface area contributed by atoms with Gasteiger partial charge in [0.15, 0.2) is 0 Å². The predicted octanol–water partition coefficient (Wildman–Crippen LogP) is 3.35. The Hall–Kier alpha value is -2.41. The van der Waals surface area contributed by atoms with Crippen molar-refractivity contribution in [2.24, 2.45) is 0 Å². The van der Waals surface area contributed by atoms with Crippen LogP contribution in [0.5, 0.6) is 0 Å². The molecule has 1 N–H and O–H groups in total. The van der Waals surface area contributed by atoms with E-state index in [0.717, 1.165) is 41.5 Å². The maximum Gasteiger partial charge on any atom is 0.244 e. The molecule has 0 bridgehead atoms. The fourth-order valence-electron chi connectivity index (χ4n) is 3.70. The Bertz CT molecular complexity index is 991. The van der Waals surface area contributed by atoms with Gasteiger partial charge >= 0.3 is 0 Å². The van der Waals surface area contributed by atoms with Crippen molar-refractivity contribution >= 4 is 21.6 Å². The topological polar surface area (TPSA) is 66.5 Å². The van der Waals surface area contributed by atoms with Crippen molar-refractivity contribution in [3.05, 3.63) is 65.0 Å². The molecule has 2 unspecified atom stereocenters. The second-order valence-electron chi connectivity index (χ2n) is 7.33. The number of carbonyl (C=O) groups excluding carboxylic acids is 1. The molecule has 0 aromatic heterocycles. The van der Waals surface area contributed by atoms with Crippen LogP contribution in [0.1, 0.15) is 43.0 Å². The molecule has 2 aromatic carbocycles. The number of fused-ring (bicyclic) bond motifs is 1. The van der Waals surface area contributed by atoms with Crippen molar-refractivity contribution in [1.82, 2.24) is 5.32 Å². The summed E-state index contributed by atoms with van der Waals surface area (Å²) in [5, 5.41) is 2.89. The predicted molar refractivity (Wildman–Crippen MR) is 108 cm³/mol. The van der Waals surface area contributed by atoms with Gasteiger partial charge in [-0.05, 0) is 68.0 Å². The van der Waals surface area contributed by atoms with Crippen LogP contribution in [0.3, 0.4) is 0 Å². The fourth-order valence-corrected chi connectivity index (χ4v) is 4.87. The quantitative estimate of drug-likeness (QED) is 0.803. The molecular formula is C21H25FN2O3S. The van der Waals surface area contributed by atoms with E-state index in [1.165, 1.54) is 36.2 Å². The number of hydrogen-bond acceptors (Lipinski definition) is 3. The molecule has 1 amide bonds. The number of halogens is 1. The zero-order valence-corrected chi connectivity index (χ0v) is 17.1. The summed E-state index contributed by atoms with van der Waals surface area (Å²) in [6.45, 7) is 3.37. The summed E-state index contributed by atoms with van der Waals surface area (Å²) < 4.78 is 39.1. The molecular weight excluding hydrogens is 379 g/mol. The highest BCUT2D eigenvalue weighted by atomic mass is 32.2. The second kappa shape index (κ2) is 7.91. The summed E-state index contributed by atoms with van der Waals surface area (Å²) in [6.07, 6.45) is 4.28. The zero-order chi connectivity index (χ0) is 20.5. The lowest BCUT2D eigenvalue weighted by atomic mass is 10.0. The molecule has 0 aliphatic heterocycles. The van der Waals surface area contributed by atoms with Gasteiger partial charge in [0.2, 0.25) is 15.9 Å². The van der Waals surface area contributed by atoms with E-state index in [4.69, 9.17) is 0 Å². The molecule has 0 radical (unpaired) electrons. The molecule has 0 saturated carbocycles. The Balaban J connectivity index is 1.79. The maximum absolute atomic E-state index is 13.6. The van der Waals surface area contributed by atoms with Crippen molar-refractivity contribution in [2.75, 3.05) is 10.6 Å². The monoisotopic (exact) mass is 404 g/mol. The standard InChI is InChI=1S/C21H25FN2O3S/c1-14(17-11-10-16-6-4-7-18(16)12-17)23-21(25)15(2)24(28(3,26)27)20-9-5-8-19(22)13-20/h5,8-15H,4,6-7H2,1-3H3,(H,23,25). The van der Waals surface area contributed by atoms with Gasteiger partial charge in [-0.2, -0.15) is 0 Å². The van der Waals surface area contributed by atoms with Crippen LogP contribution in [0.2, 0.25) is 0 Å². The summed E-state index contributed by atoms with van der Waals surface area (Å²) >= 11 is 0. The summed E-state index contributed by atoms with van der Waals surface area (Å²) in [4.78, 5) is 12.8. The lowest BCUT2D eigenvalue weighted by Crippen LogP contribution is -2.48. The summed E-state index contributed by atoms with van der Waals surface area (Å²) in [5.74, 6) is -1.01. The van der Waals surface area contributed by atoms with Crippen molar-refractivity contribution < 1.29 is 17.6 Å². The fraction of sp³-hybridized carbons (Fsp3) is 0.381. The maximum atomic E-state index is 13.6. The van der Waals surface area contributed by atoms with Crippen LogP contribution in [0.4, 0.5) is 10.1 Å². The van der Waals surface area contributed by atoms with Gasteiger partial charge in [-0.3, -0.25) is 9.10 Å². The molecule has 2 atom stereocenters. The molecule has 5 nitrogen and oxygen atoms in total. The van der Waals surface area contributed by atoms with Gasteiger partial charge in [-0.15, -0.1) is 0 Å². The molecule has 3 rings (SSSR count). The van der Waals surface area contributed by atoms with Crippen molar-refractivity contribution in [2.45, 2.75) is 45.2 Å². The van der Waals surface area contributed by atoms with Gasteiger partial charge in [0, 0.05) is 0 Å². The van der Waals surface area contributed by atoms with E-state index < -0.39 is 27.8 Å². The van der Waals surface area contributed by atoms with Crippen LogP contribution in [0, 0.1) is 5.82 Å². The Kier molecular flexibility index (Phi) is 5.74. The van der Waals surface area contributed by atoms with Gasteiger partial charge in [0.05, 0.1) is 18.0 Å². The molecule has 0 fully saturated rings. The lowest BCUT2D eigenvalue weighted by molar-refractivity contribution is -0.122. The van der Waals surface area contributed by atoms with Crippen LogP contribution in [0.25, 0.3) is 0 Å². The number of anilines is 1. The highest BCUT2D eigenvalue weighted by Gasteiger charge is 2.30. The number of benzene rings is 2. The molecule has 7 heteroatoms. The SMILES string of the molecule is CC(NC(=O)C(C)N(c1cccc(F)c1)S(C)(=O)=O)c1ccc2c(c1)CCC2. The van der Waals surface area contributed by atoms with E-state index in [1.54, 1.807) is 0 Å². The first-order chi connectivity index (χ1) is 13.2. The molecule has 0 heterocycles. The first-order valence-corrected chi connectivity index (χ1v) is 11.2. The summed E-state index contributed by atoms with van der Waals surface area (Å²) in [6, 6.07) is 10.1. The molecule has 28 heavy (non-hydrogen) atoms. The molecule has 0 saturated heterocycles. The van der Waals surface area contributed by atoms with Crippen LogP contribution >= 0.6 is 0 Å². The van der Waals surface area contributed by atoms with Crippen molar-refractivity contribution in [3.8, 4) is 0 Å². The largest absolute Gasteiger partial charge is 0.348 e. The van der Waals surface area contributed by atoms with Gasteiger partial charge in [0.1, 0.15) is 11.9 Å². The number of carbonyl (C=O) groups is 1. The molecule has 1 aliphatic rings. The van der Waals surface area contributed by atoms with Gasteiger partial charge in [-0.1, -0.05) is 24.3 Å². The van der Waals surface area contributed by atoms with Gasteiger partial charge in [0.25, 0.3) is 0 Å². The van der Waals surface area contributed by atoms with E-state index in [2.05, 4.69) is 17.4 Å². The summed E-state index contributed by atoms with van der Waals surface area (Å²) in [7, 11) is -3.78. The van der Waals surface area contributed by atoms with Gasteiger partial charge in [-0.25, -0.2) is 12.8 Å². The third-order valence-electron chi connectivity index (χ3n) is 5.13. The Morgan fingerprint density at radius 2 is 1.82 bits per heavy atom. The number of hydrogen-bond donors (Lipinski definition) is 1. The minimum atomic E-state index is -3.78. The highest BCUT2D eigenvalue weighted by molar-refractivity contribution is 7.92. The number of nitrogens with zero attached hydrogens (tertiary/aromatic N) is 1. The van der Waals surface area contributed by atoms with Crippen molar-refractivity contribution in [3.63, 3.8) is 0 Å². The number of rotatable bonds is 6. The summed E-state index contributed by atoms with van der Waals surface area (Å²) in [5.41, 5.74) is 3.77. The Morgan fingerprint density at radius 3 is 2.50 bits per heavy atom.